The fourth-order valence-electron chi connectivity index (χ4n) is 2.95. The van der Waals surface area contributed by atoms with E-state index in [0.29, 0.717) is 11.1 Å². The number of nitrogens with one attached hydrogen (secondary N) is 2. The molecule has 6 nitrogen and oxygen atoms in total. The maximum absolute atomic E-state index is 13.0. The van der Waals surface area contributed by atoms with Gasteiger partial charge in [0, 0.05) is 24.3 Å². The molecular formula is C19H22FN3O3S. The summed E-state index contributed by atoms with van der Waals surface area (Å²) in [5.41, 5.74) is 4.09. The first-order valence-electron chi connectivity index (χ1n) is 8.80. The van der Waals surface area contributed by atoms with Crippen LogP contribution in [0.5, 0.6) is 0 Å². The van der Waals surface area contributed by atoms with Crippen molar-refractivity contribution in [1.29, 1.82) is 0 Å². The Morgan fingerprint density at radius 2 is 1.70 bits per heavy atom. The van der Waals surface area contributed by atoms with Crippen LogP contribution in [0.15, 0.2) is 47.4 Å². The number of hydrazine groups is 1. The molecule has 144 valence electrons. The van der Waals surface area contributed by atoms with E-state index in [4.69, 9.17) is 0 Å². The van der Waals surface area contributed by atoms with E-state index >= 15 is 0 Å². The van der Waals surface area contributed by atoms with Gasteiger partial charge in [-0.1, -0.05) is 12.5 Å². The number of carbonyl (C=O) groups excluding carboxylic acids is 1. The number of hydrogen-bond donors (Lipinski definition) is 2. The lowest BCUT2D eigenvalue weighted by molar-refractivity contribution is 0.0749. The van der Waals surface area contributed by atoms with E-state index in [1.54, 1.807) is 13.0 Å². The lowest BCUT2D eigenvalue weighted by atomic mass is 10.1. The molecule has 1 aliphatic rings. The van der Waals surface area contributed by atoms with Crippen LogP contribution in [0.25, 0.3) is 0 Å². The largest absolute Gasteiger partial charge is 0.285 e. The molecule has 1 aliphatic heterocycles. The van der Waals surface area contributed by atoms with Gasteiger partial charge < -0.3 is 0 Å². The predicted octanol–water partition coefficient (Wildman–Crippen LogP) is 3.07. The number of anilines is 1. The molecule has 0 aliphatic carbocycles. The van der Waals surface area contributed by atoms with Crippen molar-refractivity contribution in [2.24, 2.45) is 0 Å². The molecule has 0 atom stereocenters. The third-order valence-corrected chi connectivity index (χ3v) is 5.86. The number of benzene rings is 2. The number of carbonyl (C=O) groups is 1. The molecule has 1 saturated heterocycles. The Hall–Kier alpha value is -2.45. The molecule has 0 saturated carbocycles. The number of rotatable bonds is 5. The minimum atomic E-state index is -3.90. The fraction of sp³-hybridized carbons (Fsp3) is 0.316. The van der Waals surface area contributed by atoms with Crippen molar-refractivity contribution in [3.05, 3.63) is 59.4 Å². The Morgan fingerprint density at radius 1 is 1.04 bits per heavy atom. The van der Waals surface area contributed by atoms with Gasteiger partial charge >= 0.3 is 0 Å². The molecule has 2 aromatic carbocycles. The van der Waals surface area contributed by atoms with Crippen LogP contribution in [0.2, 0.25) is 0 Å². The molecule has 0 spiro atoms. The Morgan fingerprint density at radius 3 is 2.37 bits per heavy atom. The summed E-state index contributed by atoms with van der Waals surface area (Å²) < 4.78 is 40.6. The normalized spacial score (nSPS) is 15.3. The summed E-state index contributed by atoms with van der Waals surface area (Å²) in [6, 6.07) is 9.43. The Balaban J connectivity index is 1.80. The molecule has 2 N–H and O–H groups in total. The van der Waals surface area contributed by atoms with Crippen molar-refractivity contribution in [2.45, 2.75) is 31.1 Å². The van der Waals surface area contributed by atoms with Crippen molar-refractivity contribution < 1.29 is 17.6 Å². The first-order chi connectivity index (χ1) is 12.8. The van der Waals surface area contributed by atoms with Crippen LogP contribution < -0.4 is 10.1 Å². The molecule has 1 amide bonds. The lowest BCUT2D eigenvalue weighted by Gasteiger charge is -2.27. The average Bonchev–Trinajstić information content (AvgIpc) is 2.64. The van der Waals surface area contributed by atoms with Crippen molar-refractivity contribution in [1.82, 2.24) is 10.4 Å². The SMILES string of the molecule is Cc1ccc(S(=O)(=O)Nc2ccc(F)cc2)cc1C(=O)NN1CCCCC1. The van der Waals surface area contributed by atoms with Gasteiger partial charge in [0.1, 0.15) is 5.82 Å². The standard InChI is InChI=1S/C19H22FN3O3S/c1-14-5-10-17(27(25,26)22-16-8-6-15(20)7-9-16)13-18(14)19(24)21-23-11-3-2-4-12-23/h5-10,13,22H,2-4,11-12H2,1H3,(H,21,24). The molecule has 0 aromatic heterocycles. The monoisotopic (exact) mass is 391 g/mol. The number of hydrogen-bond acceptors (Lipinski definition) is 4. The van der Waals surface area contributed by atoms with Gasteiger partial charge in [-0.3, -0.25) is 14.9 Å². The fourth-order valence-corrected chi connectivity index (χ4v) is 4.04. The van der Waals surface area contributed by atoms with Crippen LogP contribution >= 0.6 is 0 Å². The second-order valence-electron chi connectivity index (χ2n) is 6.58. The number of amides is 1. The van der Waals surface area contributed by atoms with Crippen LogP contribution in [0, 0.1) is 12.7 Å². The maximum atomic E-state index is 13.0. The molecule has 8 heteroatoms. The molecular weight excluding hydrogens is 369 g/mol. The van der Waals surface area contributed by atoms with E-state index in [2.05, 4.69) is 10.1 Å². The van der Waals surface area contributed by atoms with Crippen LogP contribution in [-0.2, 0) is 10.0 Å². The molecule has 0 unspecified atom stereocenters. The molecule has 2 aromatic rings. The van der Waals surface area contributed by atoms with Gasteiger partial charge in [-0.2, -0.15) is 0 Å². The summed E-state index contributed by atoms with van der Waals surface area (Å²) >= 11 is 0. The molecule has 0 radical (unpaired) electrons. The van der Waals surface area contributed by atoms with Crippen molar-refractivity contribution in [3.63, 3.8) is 0 Å². The second-order valence-corrected chi connectivity index (χ2v) is 8.26. The summed E-state index contributed by atoms with van der Waals surface area (Å²) in [5.74, 6) is -0.779. The van der Waals surface area contributed by atoms with E-state index in [1.165, 1.54) is 36.4 Å². The predicted molar refractivity (Wildman–Crippen MR) is 101 cm³/mol. The van der Waals surface area contributed by atoms with Crippen LogP contribution in [-0.4, -0.2) is 32.4 Å². The van der Waals surface area contributed by atoms with Gasteiger partial charge in [-0.05, 0) is 61.7 Å². The van der Waals surface area contributed by atoms with E-state index < -0.39 is 15.8 Å². The van der Waals surface area contributed by atoms with Crippen molar-refractivity contribution in [2.75, 3.05) is 17.8 Å². The topological polar surface area (TPSA) is 78.5 Å². The zero-order valence-corrected chi connectivity index (χ0v) is 15.9. The lowest BCUT2D eigenvalue weighted by Crippen LogP contribution is -2.45. The zero-order valence-electron chi connectivity index (χ0n) is 15.0. The van der Waals surface area contributed by atoms with Crippen molar-refractivity contribution in [3.8, 4) is 0 Å². The average molecular weight is 391 g/mol. The highest BCUT2D eigenvalue weighted by atomic mass is 32.2. The third-order valence-electron chi connectivity index (χ3n) is 4.48. The highest BCUT2D eigenvalue weighted by Gasteiger charge is 2.20. The number of nitrogens with zero attached hydrogens (tertiary/aromatic N) is 1. The molecule has 1 heterocycles. The number of piperidine rings is 1. The van der Waals surface area contributed by atoms with Gasteiger partial charge in [0.25, 0.3) is 15.9 Å². The van der Waals surface area contributed by atoms with E-state index in [-0.39, 0.29) is 16.5 Å². The van der Waals surface area contributed by atoms with Gasteiger partial charge in [0.2, 0.25) is 0 Å². The number of sulfonamides is 1. The quantitative estimate of drug-likeness (QED) is 0.821. The summed E-state index contributed by atoms with van der Waals surface area (Å²) in [7, 11) is -3.90. The van der Waals surface area contributed by atoms with Gasteiger partial charge in [-0.25, -0.2) is 17.8 Å². The Bertz CT molecular complexity index is 924. The van der Waals surface area contributed by atoms with E-state index in [1.807, 2.05) is 5.01 Å². The molecule has 0 bridgehead atoms. The summed E-state index contributed by atoms with van der Waals surface area (Å²) in [4.78, 5) is 12.6. The Labute approximate surface area is 158 Å². The summed E-state index contributed by atoms with van der Waals surface area (Å²) in [6.45, 7) is 3.33. The van der Waals surface area contributed by atoms with Crippen LogP contribution in [0.3, 0.4) is 0 Å². The van der Waals surface area contributed by atoms with Crippen LogP contribution in [0.4, 0.5) is 10.1 Å². The second kappa shape index (κ2) is 8.06. The van der Waals surface area contributed by atoms with Gasteiger partial charge in [-0.15, -0.1) is 0 Å². The molecule has 1 fully saturated rings. The number of halogens is 1. The highest BCUT2D eigenvalue weighted by molar-refractivity contribution is 7.92. The van der Waals surface area contributed by atoms with E-state index in [9.17, 15) is 17.6 Å². The first-order valence-corrected chi connectivity index (χ1v) is 10.3. The molecule has 3 rings (SSSR count). The minimum Gasteiger partial charge on any atom is -0.285 e. The Kier molecular flexibility index (Phi) is 5.76. The smallest absolute Gasteiger partial charge is 0.265 e. The van der Waals surface area contributed by atoms with Gasteiger partial charge in [0.05, 0.1) is 4.90 Å². The van der Waals surface area contributed by atoms with E-state index in [0.717, 1.165) is 32.4 Å². The van der Waals surface area contributed by atoms with Crippen LogP contribution in [0.1, 0.15) is 35.2 Å². The molecule has 27 heavy (non-hydrogen) atoms. The first kappa shape index (κ1) is 19.3. The van der Waals surface area contributed by atoms with Crippen molar-refractivity contribution >= 4 is 21.6 Å². The third kappa shape index (κ3) is 4.84. The highest BCUT2D eigenvalue weighted by Crippen LogP contribution is 2.20. The maximum Gasteiger partial charge on any atom is 0.265 e. The van der Waals surface area contributed by atoms with Gasteiger partial charge in [0.15, 0.2) is 0 Å². The summed E-state index contributed by atoms with van der Waals surface area (Å²) in [6.07, 6.45) is 3.19. The number of aryl methyl sites for hydroxylation is 1. The zero-order chi connectivity index (χ0) is 19.4. The summed E-state index contributed by atoms with van der Waals surface area (Å²) in [5, 5.41) is 1.86. The minimum absolute atomic E-state index is 0.0266.